The summed E-state index contributed by atoms with van der Waals surface area (Å²) in [6, 6.07) is 2.01. The van der Waals surface area contributed by atoms with Crippen molar-refractivity contribution in [1.82, 2.24) is 19.9 Å². The van der Waals surface area contributed by atoms with Crippen molar-refractivity contribution in [3.63, 3.8) is 0 Å². The molecule has 1 aliphatic rings. The molecule has 0 aliphatic carbocycles. The van der Waals surface area contributed by atoms with Gasteiger partial charge in [-0.2, -0.15) is 16.3 Å². The van der Waals surface area contributed by atoms with E-state index in [9.17, 15) is 0 Å². The molecule has 0 N–H and O–H groups in total. The molecule has 0 bridgehead atoms. The summed E-state index contributed by atoms with van der Waals surface area (Å²) in [6.07, 6.45) is 1.20. The van der Waals surface area contributed by atoms with Gasteiger partial charge in [-0.25, -0.2) is 0 Å². The molecule has 102 valence electrons. The summed E-state index contributed by atoms with van der Waals surface area (Å²) in [5.41, 5.74) is 1.04. The molecule has 1 aliphatic heterocycles. The first-order chi connectivity index (χ1) is 9.31. The maximum atomic E-state index is 5.35. The predicted molar refractivity (Wildman–Crippen MR) is 75.0 cm³/mol. The molecular formula is C13H18N4OS. The van der Waals surface area contributed by atoms with Gasteiger partial charge >= 0.3 is 0 Å². The fourth-order valence-corrected chi connectivity index (χ4v) is 2.91. The van der Waals surface area contributed by atoms with E-state index in [0.29, 0.717) is 11.7 Å². The first-order valence-electron chi connectivity index (χ1n) is 6.57. The Morgan fingerprint density at radius 3 is 3.11 bits per heavy atom. The molecule has 0 amide bonds. The zero-order valence-electron chi connectivity index (χ0n) is 11.1. The minimum Gasteiger partial charge on any atom is -0.338 e. The van der Waals surface area contributed by atoms with Crippen LogP contribution in [0.2, 0.25) is 0 Å². The highest BCUT2D eigenvalue weighted by Gasteiger charge is 2.16. The molecule has 0 radical (unpaired) electrons. The topological polar surface area (TPSA) is 45.4 Å². The number of hydrogen-bond donors (Lipinski definition) is 0. The number of nitrogens with zero attached hydrogens (tertiary/aromatic N) is 4. The maximum absolute atomic E-state index is 5.35. The molecule has 0 saturated carbocycles. The first kappa shape index (κ1) is 12.8. The van der Waals surface area contributed by atoms with Crippen LogP contribution in [-0.2, 0) is 6.54 Å². The Hall–Kier alpha value is -1.24. The zero-order chi connectivity index (χ0) is 13.1. The number of aromatic nitrogens is 2. The molecule has 0 aromatic carbocycles. The van der Waals surface area contributed by atoms with E-state index in [1.807, 2.05) is 16.8 Å². The minimum absolute atomic E-state index is 0.697. The highest BCUT2D eigenvalue weighted by molar-refractivity contribution is 7.08. The van der Waals surface area contributed by atoms with Gasteiger partial charge in [0.1, 0.15) is 0 Å². The van der Waals surface area contributed by atoms with Crippen LogP contribution in [0, 0.1) is 0 Å². The van der Waals surface area contributed by atoms with E-state index in [1.165, 1.54) is 13.0 Å². The van der Waals surface area contributed by atoms with Crippen molar-refractivity contribution < 1.29 is 4.52 Å². The first-order valence-corrected chi connectivity index (χ1v) is 7.51. The summed E-state index contributed by atoms with van der Waals surface area (Å²) in [5.74, 6) is 1.41. The van der Waals surface area contributed by atoms with Gasteiger partial charge in [0, 0.05) is 24.0 Å². The van der Waals surface area contributed by atoms with Gasteiger partial charge in [-0.15, -0.1) is 0 Å². The highest BCUT2D eigenvalue weighted by atomic mass is 32.1. The van der Waals surface area contributed by atoms with Gasteiger partial charge in [-0.3, -0.25) is 4.90 Å². The van der Waals surface area contributed by atoms with Crippen molar-refractivity contribution in [2.45, 2.75) is 13.0 Å². The molecule has 1 saturated heterocycles. The van der Waals surface area contributed by atoms with Crippen LogP contribution >= 0.6 is 11.3 Å². The van der Waals surface area contributed by atoms with Crippen LogP contribution < -0.4 is 0 Å². The van der Waals surface area contributed by atoms with Crippen molar-refractivity contribution in [2.24, 2.45) is 0 Å². The van der Waals surface area contributed by atoms with Crippen molar-refractivity contribution in [3.8, 4) is 11.4 Å². The second-order valence-electron chi connectivity index (χ2n) is 4.96. The van der Waals surface area contributed by atoms with E-state index in [0.717, 1.165) is 31.7 Å². The number of rotatable bonds is 3. The lowest BCUT2D eigenvalue weighted by Gasteiger charge is -2.17. The minimum atomic E-state index is 0.697. The molecule has 3 heterocycles. The Kier molecular flexibility index (Phi) is 3.91. The molecule has 2 aromatic heterocycles. The van der Waals surface area contributed by atoms with Crippen LogP contribution in [0.3, 0.4) is 0 Å². The SMILES string of the molecule is CN1CCCN(Cc2nc(-c3ccsc3)no2)CC1. The molecule has 6 heteroatoms. The molecule has 0 atom stereocenters. The van der Waals surface area contributed by atoms with Crippen LogP contribution in [0.25, 0.3) is 11.4 Å². The number of likely N-dealkylation sites (N-methyl/N-ethyl adjacent to an activating group) is 1. The Morgan fingerprint density at radius 2 is 2.26 bits per heavy atom. The lowest BCUT2D eigenvalue weighted by Crippen LogP contribution is -2.28. The highest BCUT2D eigenvalue weighted by Crippen LogP contribution is 2.19. The summed E-state index contributed by atoms with van der Waals surface area (Å²) in [7, 11) is 2.17. The van der Waals surface area contributed by atoms with E-state index in [-0.39, 0.29) is 0 Å². The van der Waals surface area contributed by atoms with Crippen LogP contribution in [0.5, 0.6) is 0 Å². The van der Waals surface area contributed by atoms with Gasteiger partial charge in [-0.05, 0) is 38.0 Å². The lowest BCUT2D eigenvalue weighted by atomic mass is 10.3. The van der Waals surface area contributed by atoms with E-state index in [1.54, 1.807) is 11.3 Å². The molecule has 2 aromatic rings. The quantitative estimate of drug-likeness (QED) is 0.858. The van der Waals surface area contributed by atoms with Crippen LogP contribution in [-0.4, -0.2) is 53.2 Å². The zero-order valence-corrected chi connectivity index (χ0v) is 11.9. The largest absolute Gasteiger partial charge is 0.338 e. The smallest absolute Gasteiger partial charge is 0.241 e. The van der Waals surface area contributed by atoms with Crippen molar-refractivity contribution >= 4 is 11.3 Å². The maximum Gasteiger partial charge on any atom is 0.241 e. The number of hydrogen-bond acceptors (Lipinski definition) is 6. The van der Waals surface area contributed by atoms with Gasteiger partial charge in [0.2, 0.25) is 11.7 Å². The molecule has 3 rings (SSSR count). The Bertz CT molecular complexity index is 510. The van der Waals surface area contributed by atoms with Gasteiger partial charge in [0.25, 0.3) is 0 Å². The van der Waals surface area contributed by atoms with Crippen LogP contribution in [0.1, 0.15) is 12.3 Å². The lowest BCUT2D eigenvalue weighted by molar-refractivity contribution is 0.231. The van der Waals surface area contributed by atoms with Crippen molar-refractivity contribution in [2.75, 3.05) is 33.2 Å². The van der Waals surface area contributed by atoms with Gasteiger partial charge in [-0.1, -0.05) is 5.16 Å². The third-order valence-corrected chi connectivity index (χ3v) is 4.10. The van der Waals surface area contributed by atoms with Gasteiger partial charge in [0.05, 0.1) is 6.54 Å². The van der Waals surface area contributed by atoms with Crippen LogP contribution in [0.4, 0.5) is 0 Å². The molecule has 5 nitrogen and oxygen atoms in total. The van der Waals surface area contributed by atoms with Crippen LogP contribution in [0.15, 0.2) is 21.3 Å². The van der Waals surface area contributed by atoms with Crippen molar-refractivity contribution in [3.05, 3.63) is 22.7 Å². The Balaban J connectivity index is 1.64. The molecule has 19 heavy (non-hydrogen) atoms. The summed E-state index contributed by atoms with van der Waals surface area (Å²) >= 11 is 1.64. The molecule has 0 unspecified atom stereocenters. The fourth-order valence-electron chi connectivity index (χ4n) is 2.28. The Labute approximate surface area is 116 Å². The average Bonchev–Trinajstić information content (AvgIpc) is 3.02. The molecule has 1 fully saturated rings. The second kappa shape index (κ2) is 5.81. The summed E-state index contributed by atoms with van der Waals surface area (Å²) < 4.78 is 5.35. The summed E-state index contributed by atoms with van der Waals surface area (Å²) in [5, 5.41) is 8.11. The fraction of sp³-hybridized carbons (Fsp3) is 0.538. The second-order valence-corrected chi connectivity index (χ2v) is 5.74. The normalized spacial score (nSPS) is 18.6. The monoisotopic (exact) mass is 278 g/mol. The Morgan fingerprint density at radius 1 is 1.32 bits per heavy atom. The van der Waals surface area contributed by atoms with E-state index in [2.05, 4.69) is 27.0 Å². The predicted octanol–water partition coefficient (Wildman–Crippen LogP) is 1.94. The third-order valence-electron chi connectivity index (χ3n) is 3.42. The average molecular weight is 278 g/mol. The van der Waals surface area contributed by atoms with E-state index in [4.69, 9.17) is 4.52 Å². The molecule has 0 spiro atoms. The van der Waals surface area contributed by atoms with Crippen molar-refractivity contribution in [1.29, 1.82) is 0 Å². The molecular weight excluding hydrogens is 260 g/mol. The summed E-state index contributed by atoms with van der Waals surface area (Å²) in [4.78, 5) is 9.22. The van der Waals surface area contributed by atoms with Gasteiger partial charge in [0.15, 0.2) is 0 Å². The van der Waals surface area contributed by atoms with Gasteiger partial charge < -0.3 is 9.42 Å². The number of thiophene rings is 1. The standard InChI is InChI=1S/C13H18N4OS/c1-16-4-2-5-17(7-6-16)9-12-14-13(15-18-12)11-3-8-19-10-11/h3,8,10H,2,4-7,9H2,1H3. The third kappa shape index (κ3) is 3.20. The summed E-state index contributed by atoms with van der Waals surface area (Å²) in [6.45, 7) is 5.18. The van der Waals surface area contributed by atoms with E-state index < -0.39 is 0 Å². The van der Waals surface area contributed by atoms with E-state index >= 15 is 0 Å².